The van der Waals surface area contributed by atoms with Crippen LogP contribution in [0.15, 0.2) is 36.5 Å². The number of benzene rings is 1. The van der Waals surface area contributed by atoms with E-state index in [2.05, 4.69) is 19.8 Å². The third-order valence-corrected chi connectivity index (χ3v) is 4.93. The molecule has 1 atom stereocenters. The second-order valence-electron chi connectivity index (χ2n) is 6.67. The van der Waals surface area contributed by atoms with E-state index < -0.39 is 0 Å². The van der Waals surface area contributed by atoms with Gasteiger partial charge in [-0.2, -0.15) is 4.98 Å². The van der Waals surface area contributed by atoms with Crippen molar-refractivity contribution in [3.63, 3.8) is 0 Å². The molecule has 0 bridgehead atoms. The summed E-state index contributed by atoms with van der Waals surface area (Å²) in [6.45, 7) is 4.73. The summed E-state index contributed by atoms with van der Waals surface area (Å²) in [4.78, 5) is 15.6. The zero-order valence-corrected chi connectivity index (χ0v) is 16.4. The summed E-state index contributed by atoms with van der Waals surface area (Å²) in [7, 11) is 5.68. The summed E-state index contributed by atoms with van der Waals surface area (Å²) in [5.41, 5.74) is 1.16. The number of rotatable bonds is 6. The minimum Gasteiger partial charge on any atom is -0.375 e. The third-order valence-electron chi connectivity index (χ3n) is 4.67. The molecule has 1 aliphatic rings. The molecular weight excluding hydrogens is 350 g/mol. The lowest BCUT2D eigenvalue weighted by Crippen LogP contribution is -2.48. The molecule has 1 aromatic heterocycles. The lowest BCUT2D eigenvalue weighted by Gasteiger charge is -2.37. The Hall–Kier alpha value is -1.89. The Morgan fingerprint density at radius 3 is 2.42 bits per heavy atom. The van der Waals surface area contributed by atoms with Crippen LogP contribution in [0.4, 0.5) is 11.8 Å². The predicted molar refractivity (Wildman–Crippen MR) is 106 cm³/mol. The zero-order valence-electron chi connectivity index (χ0n) is 15.6. The van der Waals surface area contributed by atoms with Crippen LogP contribution in [-0.4, -0.2) is 68.8 Å². The van der Waals surface area contributed by atoms with Gasteiger partial charge in [-0.1, -0.05) is 23.7 Å². The highest BCUT2D eigenvalue weighted by Crippen LogP contribution is 2.22. The molecule has 26 heavy (non-hydrogen) atoms. The Morgan fingerprint density at radius 2 is 1.81 bits per heavy atom. The Labute approximate surface area is 160 Å². The van der Waals surface area contributed by atoms with Crippen LogP contribution in [-0.2, 0) is 4.74 Å². The van der Waals surface area contributed by atoms with Crippen LogP contribution in [0.25, 0.3) is 0 Å². The number of piperazine rings is 1. The topological polar surface area (TPSA) is 44.7 Å². The lowest BCUT2D eigenvalue weighted by molar-refractivity contribution is 0.0615. The molecule has 0 aliphatic carbocycles. The zero-order chi connectivity index (χ0) is 18.5. The minimum atomic E-state index is 0.0539. The maximum Gasteiger partial charge on any atom is 0.226 e. The Bertz CT molecular complexity index is 701. The number of methoxy groups -OCH3 is 1. The molecule has 140 valence electrons. The molecule has 1 fully saturated rings. The van der Waals surface area contributed by atoms with Crippen molar-refractivity contribution < 1.29 is 4.74 Å². The fourth-order valence-corrected chi connectivity index (χ4v) is 3.24. The minimum absolute atomic E-state index is 0.0539. The van der Waals surface area contributed by atoms with Crippen LogP contribution in [0.5, 0.6) is 0 Å². The van der Waals surface area contributed by atoms with Gasteiger partial charge in [-0.25, -0.2) is 4.98 Å². The molecule has 0 radical (unpaired) electrons. The average molecular weight is 376 g/mol. The Kier molecular flexibility index (Phi) is 6.29. The first-order chi connectivity index (χ1) is 12.6. The van der Waals surface area contributed by atoms with Crippen molar-refractivity contribution in [2.24, 2.45) is 0 Å². The maximum absolute atomic E-state index is 5.99. The monoisotopic (exact) mass is 375 g/mol. The molecule has 1 aliphatic heterocycles. The van der Waals surface area contributed by atoms with Gasteiger partial charge in [0.05, 0.1) is 6.10 Å². The van der Waals surface area contributed by atoms with E-state index in [4.69, 9.17) is 16.3 Å². The number of ether oxygens (including phenoxy) is 1. The van der Waals surface area contributed by atoms with Crippen LogP contribution >= 0.6 is 11.6 Å². The van der Waals surface area contributed by atoms with Crippen molar-refractivity contribution in [1.82, 2.24) is 14.9 Å². The first-order valence-corrected chi connectivity index (χ1v) is 9.20. The van der Waals surface area contributed by atoms with Gasteiger partial charge in [-0.3, -0.25) is 4.90 Å². The van der Waals surface area contributed by atoms with Gasteiger partial charge < -0.3 is 14.5 Å². The van der Waals surface area contributed by atoms with Crippen molar-refractivity contribution in [2.75, 3.05) is 63.7 Å². The maximum atomic E-state index is 5.99. The van der Waals surface area contributed by atoms with Gasteiger partial charge >= 0.3 is 0 Å². The SMILES string of the molecule is CO[C@H](CN1CCN(c2ccnc(N(C)C)n2)CC1)c1ccc(Cl)cc1. The molecule has 0 amide bonds. The molecule has 6 nitrogen and oxygen atoms in total. The van der Waals surface area contributed by atoms with Gasteiger partial charge in [0.2, 0.25) is 5.95 Å². The number of hydrogen-bond acceptors (Lipinski definition) is 6. The molecule has 1 saturated heterocycles. The van der Waals surface area contributed by atoms with Crippen LogP contribution < -0.4 is 9.80 Å². The third kappa shape index (κ3) is 4.63. The van der Waals surface area contributed by atoms with Gasteiger partial charge in [-0.05, 0) is 23.8 Å². The number of hydrogen-bond donors (Lipinski definition) is 0. The summed E-state index contributed by atoms with van der Waals surface area (Å²) in [5, 5.41) is 0.749. The molecule has 3 rings (SSSR count). The smallest absolute Gasteiger partial charge is 0.226 e. The van der Waals surface area contributed by atoms with Crippen LogP contribution in [0.1, 0.15) is 11.7 Å². The van der Waals surface area contributed by atoms with E-state index in [1.807, 2.05) is 55.5 Å². The van der Waals surface area contributed by atoms with Crippen molar-refractivity contribution >= 4 is 23.4 Å². The Morgan fingerprint density at radius 1 is 1.12 bits per heavy atom. The molecule has 1 aromatic carbocycles. The molecular formula is C19H26ClN5O. The van der Waals surface area contributed by atoms with E-state index in [1.54, 1.807) is 7.11 Å². The highest BCUT2D eigenvalue weighted by atomic mass is 35.5. The van der Waals surface area contributed by atoms with E-state index in [0.717, 1.165) is 55.1 Å². The van der Waals surface area contributed by atoms with Crippen molar-refractivity contribution in [2.45, 2.75) is 6.10 Å². The van der Waals surface area contributed by atoms with Gasteiger partial charge in [0, 0.05) is 65.1 Å². The fraction of sp³-hybridized carbons (Fsp3) is 0.474. The second kappa shape index (κ2) is 8.66. The van der Waals surface area contributed by atoms with E-state index in [1.165, 1.54) is 0 Å². The lowest BCUT2D eigenvalue weighted by atomic mass is 10.1. The molecule has 2 aromatic rings. The molecule has 0 N–H and O–H groups in total. The molecule has 2 heterocycles. The van der Waals surface area contributed by atoms with E-state index in [-0.39, 0.29) is 6.10 Å². The van der Waals surface area contributed by atoms with Gasteiger partial charge in [0.25, 0.3) is 0 Å². The Balaban J connectivity index is 1.58. The molecule has 0 saturated carbocycles. The van der Waals surface area contributed by atoms with Crippen LogP contribution in [0.2, 0.25) is 5.02 Å². The standard InChI is InChI=1S/C19H26ClN5O/c1-23(2)19-21-9-8-18(22-19)25-12-10-24(11-13-25)14-17(26-3)15-4-6-16(20)7-5-15/h4-9,17H,10-14H2,1-3H3/t17-/m1/s1. The number of nitrogens with zero attached hydrogens (tertiary/aromatic N) is 5. The molecule has 7 heteroatoms. The fourth-order valence-electron chi connectivity index (χ4n) is 3.12. The predicted octanol–water partition coefficient (Wildman–Crippen LogP) is 2.71. The van der Waals surface area contributed by atoms with Gasteiger partial charge in [0.15, 0.2) is 0 Å². The second-order valence-corrected chi connectivity index (χ2v) is 7.11. The number of anilines is 2. The largest absolute Gasteiger partial charge is 0.375 e. The van der Waals surface area contributed by atoms with Crippen molar-refractivity contribution in [1.29, 1.82) is 0 Å². The van der Waals surface area contributed by atoms with Crippen molar-refractivity contribution in [3.8, 4) is 0 Å². The summed E-state index contributed by atoms with van der Waals surface area (Å²) in [6, 6.07) is 9.89. The highest BCUT2D eigenvalue weighted by Gasteiger charge is 2.22. The first-order valence-electron chi connectivity index (χ1n) is 8.83. The summed E-state index contributed by atoms with van der Waals surface area (Å²) >= 11 is 5.99. The van der Waals surface area contributed by atoms with Crippen LogP contribution in [0, 0.1) is 0 Å². The summed E-state index contributed by atoms with van der Waals surface area (Å²) < 4.78 is 5.71. The van der Waals surface area contributed by atoms with Gasteiger partial charge in [0.1, 0.15) is 5.82 Å². The van der Waals surface area contributed by atoms with E-state index >= 15 is 0 Å². The first kappa shape index (κ1) is 18.9. The van der Waals surface area contributed by atoms with E-state index in [0.29, 0.717) is 0 Å². The molecule has 0 unspecified atom stereocenters. The number of aromatic nitrogens is 2. The van der Waals surface area contributed by atoms with Gasteiger partial charge in [-0.15, -0.1) is 0 Å². The normalized spacial score (nSPS) is 16.5. The van der Waals surface area contributed by atoms with E-state index in [9.17, 15) is 0 Å². The molecule has 0 spiro atoms. The summed E-state index contributed by atoms with van der Waals surface area (Å²) in [6.07, 6.45) is 1.88. The van der Waals surface area contributed by atoms with Crippen LogP contribution in [0.3, 0.4) is 0 Å². The number of halogens is 1. The van der Waals surface area contributed by atoms with Crippen molar-refractivity contribution in [3.05, 3.63) is 47.1 Å². The quantitative estimate of drug-likeness (QED) is 0.773. The average Bonchev–Trinajstić information content (AvgIpc) is 2.67. The summed E-state index contributed by atoms with van der Waals surface area (Å²) in [5.74, 6) is 1.73. The highest BCUT2D eigenvalue weighted by molar-refractivity contribution is 6.30.